The third-order valence-electron chi connectivity index (χ3n) is 3.89. The summed E-state index contributed by atoms with van der Waals surface area (Å²) in [5.41, 5.74) is 6.22. The lowest BCUT2D eigenvalue weighted by atomic mass is 10.2. The van der Waals surface area contributed by atoms with Gasteiger partial charge in [-0.1, -0.05) is 42.5 Å². The zero-order chi connectivity index (χ0) is 18.5. The van der Waals surface area contributed by atoms with Crippen molar-refractivity contribution in [2.45, 2.75) is 13.8 Å². The first-order valence-electron chi connectivity index (χ1n) is 7.99. The summed E-state index contributed by atoms with van der Waals surface area (Å²) in [7, 11) is 0. The van der Waals surface area contributed by atoms with Crippen LogP contribution in [0.3, 0.4) is 0 Å². The second kappa shape index (κ2) is 7.52. The summed E-state index contributed by atoms with van der Waals surface area (Å²) in [5.74, 6) is 1.21. The highest BCUT2D eigenvalue weighted by Gasteiger charge is 2.09. The molecule has 1 aromatic heterocycles. The average molecular weight is 347 g/mol. The SMILES string of the molecule is Cc1nc(-c2ccccc2)nc(N/N=C\c2cccc([N+](=O)[O-])c2)c1C. The molecule has 0 bridgehead atoms. The van der Waals surface area contributed by atoms with E-state index in [2.05, 4.69) is 20.5 Å². The van der Waals surface area contributed by atoms with Crippen molar-refractivity contribution in [1.82, 2.24) is 9.97 Å². The van der Waals surface area contributed by atoms with Crippen LogP contribution in [0, 0.1) is 24.0 Å². The van der Waals surface area contributed by atoms with E-state index < -0.39 is 4.92 Å². The van der Waals surface area contributed by atoms with E-state index in [0.29, 0.717) is 17.2 Å². The fraction of sp³-hybridized carbons (Fsp3) is 0.105. The van der Waals surface area contributed by atoms with E-state index in [-0.39, 0.29) is 5.69 Å². The lowest BCUT2D eigenvalue weighted by Gasteiger charge is -2.09. The van der Waals surface area contributed by atoms with Crippen molar-refractivity contribution in [3.8, 4) is 11.4 Å². The number of hydrazone groups is 1. The molecule has 0 unspecified atom stereocenters. The molecular weight excluding hydrogens is 330 g/mol. The summed E-state index contributed by atoms with van der Waals surface area (Å²) >= 11 is 0. The summed E-state index contributed by atoms with van der Waals surface area (Å²) in [4.78, 5) is 19.5. The number of hydrogen-bond donors (Lipinski definition) is 1. The van der Waals surface area contributed by atoms with Gasteiger partial charge in [0.05, 0.1) is 11.1 Å². The Morgan fingerprint density at radius 2 is 1.85 bits per heavy atom. The minimum atomic E-state index is -0.436. The van der Waals surface area contributed by atoms with Crippen molar-refractivity contribution in [2.75, 3.05) is 5.43 Å². The Morgan fingerprint density at radius 3 is 2.58 bits per heavy atom. The number of nitro benzene ring substituents is 1. The molecular formula is C19H17N5O2. The van der Waals surface area contributed by atoms with Crippen LogP contribution in [-0.2, 0) is 0 Å². The maximum Gasteiger partial charge on any atom is 0.270 e. The largest absolute Gasteiger partial charge is 0.270 e. The molecule has 7 nitrogen and oxygen atoms in total. The van der Waals surface area contributed by atoms with Gasteiger partial charge in [-0.25, -0.2) is 9.97 Å². The highest BCUT2D eigenvalue weighted by molar-refractivity contribution is 5.81. The second-order valence-electron chi connectivity index (χ2n) is 5.69. The van der Waals surface area contributed by atoms with E-state index in [1.807, 2.05) is 44.2 Å². The van der Waals surface area contributed by atoms with Crippen molar-refractivity contribution >= 4 is 17.7 Å². The van der Waals surface area contributed by atoms with Crippen molar-refractivity contribution < 1.29 is 4.92 Å². The predicted octanol–water partition coefficient (Wildman–Crippen LogP) is 4.11. The molecule has 0 saturated heterocycles. The van der Waals surface area contributed by atoms with Crippen LogP contribution in [0.25, 0.3) is 11.4 Å². The zero-order valence-corrected chi connectivity index (χ0v) is 14.4. The van der Waals surface area contributed by atoms with Gasteiger partial charge < -0.3 is 0 Å². The Bertz CT molecular complexity index is 971. The summed E-state index contributed by atoms with van der Waals surface area (Å²) in [6.07, 6.45) is 1.52. The lowest BCUT2D eigenvalue weighted by molar-refractivity contribution is -0.384. The topological polar surface area (TPSA) is 93.3 Å². The molecule has 1 N–H and O–H groups in total. The lowest BCUT2D eigenvalue weighted by Crippen LogP contribution is -2.03. The Labute approximate surface area is 150 Å². The molecule has 0 aliphatic carbocycles. The zero-order valence-electron chi connectivity index (χ0n) is 14.4. The molecule has 0 saturated carbocycles. The van der Waals surface area contributed by atoms with E-state index in [1.54, 1.807) is 12.1 Å². The number of aromatic nitrogens is 2. The van der Waals surface area contributed by atoms with E-state index >= 15 is 0 Å². The monoisotopic (exact) mass is 347 g/mol. The number of rotatable bonds is 5. The van der Waals surface area contributed by atoms with Gasteiger partial charge in [-0.2, -0.15) is 5.10 Å². The van der Waals surface area contributed by atoms with Gasteiger partial charge in [-0.05, 0) is 13.8 Å². The predicted molar refractivity (Wildman–Crippen MR) is 101 cm³/mol. The van der Waals surface area contributed by atoms with Crippen LogP contribution in [0.4, 0.5) is 11.5 Å². The number of nitrogens with one attached hydrogen (secondary N) is 1. The fourth-order valence-corrected chi connectivity index (χ4v) is 2.34. The smallest absolute Gasteiger partial charge is 0.261 e. The van der Waals surface area contributed by atoms with Gasteiger partial charge in [-0.3, -0.25) is 15.5 Å². The van der Waals surface area contributed by atoms with Gasteiger partial charge in [-0.15, -0.1) is 0 Å². The quantitative estimate of drug-likeness (QED) is 0.426. The van der Waals surface area contributed by atoms with Gasteiger partial charge in [0.1, 0.15) is 0 Å². The molecule has 3 rings (SSSR count). The third kappa shape index (κ3) is 3.89. The summed E-state index contributed by atoms with van der Waals surface area (Å²) < 4.78 is 0. The highest BCUT2D eigenvalue weighted by Crippen LogP contribution is 2.21. The maximum absolute atomic E-state index is 10.8. The molecule has 3 aromatic rings. The van der Waals surface area contributed by atoms with Gasteiger partial charge in [0.2, 0.25) is 0 Å². The third-order valence-corrected chi connectivity index (χ3v) is 3.89. The number of hydrogen-bond acceptors (Lipinski definition) is 6. The molecule has 0 amide bonds. The molecule has 130 valence electrons. The van der Waals surface area contributed by atoms with E-state index in [0.717, 1.165) is 16.8 Å². The van der Waals surface area contributed by atoms with Crippen LogP contribution in [0.1, 0.15) is 16.8 Å². The van der Waals surface area contributed by atoms with Crippen LogP contribution >= 0.6 is 0 Å². The van der Waals surface area contributed by atoms with E-state index in [4.69, 9.17) is 0 Å². The highest BCUT2D eigenvalue weighted by atomic mass is 16.6. The first-order chi connectivity index (χ1) is 12.5. The Kier molecular flexibility index (Phi) is 4.98. The molecule has 7 heteroatoms. The number of non-ortho nitro benzene ring substituents is 1. The molecule has 0 atom stereocenters. The molecule has 0 radical (unpaired) electrons. The van der Waals surface area contributed by atoms with Crippen molar-refractivity contribution in [1.29, 1.82) is 0 Å². The minimum absolute atomic E-state index is 0.0226. The van der Waals surface area contributed by atoms with E-state index in [9.17, 15) is 10.1 Å². The van der Waals surface area contributed by atoms with Crippen LogP contribution in [-0.4, -0.2) is 21.1 Å². The molecule has 0 spiro atoms. The summed E-state index contributed by atoms with van der Waals surface area (Å²) in [6.45, 7) is 3.83. The number of benzene rings is 2. The number of anilines is 1. The number of nitrogens with zero attached hydrogens (tertiary/aromatic N) is 4. The molecule has 0 fully saturated rings. The number of aryl methyl sites for hydroxylation is 1. The molecule has 0 aliphatic heterocycles. The van der Waals surface area contributed by atoms with Crippen LogP contribution in [0.5, 0.6) is 0 Å². The van der Waals surface area contributed by atoms with Crippen LogP contribution < -0.4 is 5.43 Å². The van der Waals surface area contributed by atoms with Crippen molar-refractivity contribution in [3.63, 3.8) is 0 Å². The Morgan fingerprint density at radius 1 is 1.08 bits per heavy atom. The molecule has 26 heavy (non-hydrogen) atoms. The summed E-state index contributed by atoms with van der Waals surface area (Å²) in [5, 5.41) is 15.0. The van der Waals surface area contributed by atoms with Gasteiger partial charge in [0.15, 0.2) is 11.6 Å². The maximum atomic E-state index is 10.8. The second-order valence-corrected chi connectivity index (χ2v) is 5.69. The first-order valence-corrected chi connectivity index (χ1v) is 7.99. The van der Waals surface area contributed by atoms with Gasteiger partial charge in [0, 0.05) is 34.5 Å². The minimum Gasteiger partial charge on any atom is -0.261 e. The number of nitro groups is 1. The normalized spacial score (nSPS) is 10.8. The average Bonchev–Trinajstić information content (AvgIpc) is 2.66. The van der Waals surface area contributed by atoms with Crippen LogP contribution in [0.2, 0.25) is 0 Å². The Balaban J connectivity index is 1.85. The summed E-state index contributed by atoms with van der Waals surface area (Å²) in [6, 6.07) is 15.9. The van der Waals surface area contributed by atoms with Crippen molar-refractivity contribution in [3.05, 3.63) is 81.5 Å². The molecule has 2 aromatic carbocycles. The standard InChI is InChI=1S/C19H17N5O2/c1-13-14(2)21-19(16-8-4-3-5-9-16)22-18(13)23-20-12-15-7-6-10-17(11-15)24(25)26/h3-12H,1-2H3,(H,21,22,23)/b20-12-. The Hall–Kier alpha value is -3.61. The fourth-order valence-electron chi connectivity index (χ4n) is 2.34. The van der Waals surface area contributed by atoms with Gasteiger partial charge in [0.25, 0.3) is 5.69 Å². The first kappa shape index (κ1) is 17.2. The molecule has 1 heterocycles. The van der Waals surface area contributed by atoms with Gasteiger partial charge >= 0.3 is 0 Å². The van der Waals surface area contributed by atoms with E-state index in [1.165, 1.54) is 18.3 Å². The van der Waals surface area contributed by atoms with Crippen molar-refractivity contribution in [2.24, 2.45) is 5.10 Å². The molecule has 0 aliphatic rings. The van der Waals surface area contributed by atoms with Crippen LogP contribution in [0.15, 0.2) is 59.7 Å².